The van der Waals surface area contributed by atoms with E-state index in [9.17, 15) is 4.39 Å². The normalized spacial score (nSPS) is 13.7. The first-order chi connectivity index (χ1) is 25.5. The van der Waals surface area contributed by atoms with Crippen molar-refractivity contribution in [1.29, 1.82) is 0 Å². The van der Waals surface area contributed by atoms with Gasteiger partial charge in [0.2, 0.25) is 0 Å². The summed E-state index contributed by atoms with van der Waals surface area (Å²) in [6.07, 6.45) is 1.88. The summed E-state index contributed by atoms with van der Waals surface area (Å²) < 4.78 is 16.8. The first-order valence-corrected chi connectivity index (χ1v) is 19.6. The summed E-state index contributed by atoms with van der Waals surface area (Å²) in [4.78, 5) is 11.9. The predicted octanol–water partition coefficient (Wildman–Crippen LogP) is 13.6. The highest BCUT2D eigenvalue weighted by molar-refractivity contribution is 7.99. The van der Waals surface area contributed by atoms with Gasteiger partial charge in [0, 0.05) is 38.1 Å². The molecule has 0 atom stereocenters. The summed E-state index contributed by atoms with van der Waals surface area (Å²) in [6.45, 7) is 21.1. The number of para-hydroxylation sites is 2. The van der Waals surface area contributed by atoms with Crippen LogP contribution in [0.4, 0.5) is 27.1 Å². The Balaban J connectivity index is 1.16. The number of anilines is 4. The van der Waals surface area contributed by atoms with Gasteiger partial charge in [-0.3, -0.25) is 4.57 Å². The van der Waals surface area contributed by atoms with E-state index < -0.39 is 0 Å². The Bertz CT molecular complexity index is 2510. The van der Waals surface area contributed by atoms with E-state index in [0.717, 1.165) is 43.1 Å². The maximum atomic E-state index is 14.6. The van der Waals surface area contributed by atoms with Crippen LogP contribution in [0.3, 0.4) is 0 Å². The minimum Gasteiger partial charge on any atom is -0.321 e. The minimum atomic E-state index is -0.244. The number of aromatic nitrogens is 2. The van der Waals surface area contributed by atoms with E-state index in [1.807, 2.05) is 12.3 Å². The predicted molar refractivity (Wildman–Crippen MR) is 227 cm³/mol. The Morgan fingerprint density at radius 3 is 1.85 bits per heavy atom. The van der Waals surface area contributed by atoms with Crippen molar-refractivity contribution >= 4 is 56.3 Å². The monoisotopic (exact) mass is 732 g/mol. The van der Waals surface area contributed by atoms with Crippen LogP contribution in [0.1, 0.15) is 79.0 Å². The Morgan fingerprint density at radius 2 is 1.19 bits per heavy atom. The van der Waals surface area contributed by atoms with Gasteiger partial charge in [-0.05, 0) is 118 Å². The van der Waals surface area contributed by atoms with Crippen LogP contribution in [0.25, 0.3) is 27.6 Å². The van der Waals surface area contributed by atoms with Gasteiger partial charge in [-0.15, -0.1) is 0 Å². The molecule has 0 amide bonds. The number of rotatable bonds is 5. The van der Waals surface area contributed by atoms with Gasteiger partial charge in [0.1, 0.15) is 18.3 Å². The molecule has 0 saturated heterocycles. The summed E-state index contributed by atoms with van der Waals surface area (Å²) in [5.41, 5.74) is 10.6. The third-order valence-electron chi connectivity index (χ3n) is 10.6. The second kappa shape index (κ2) is 13.1. The molecule has 8 rings (SSSR count). The molecule has 0 N–H and O–H groups in total. The lowest BCUT2D eigenvalue weighted by Crippen LogP contribution is -2.25. The molecule has 54 heavy (non-hydrogen) atoms. The molecule has 274 valence electrons. The van der Waals surface area contributed by atoms with E-state index in [1.165, 1.54) is 39.8 Å². The number of hydrogen-bond acceptors (Lipinski definition) is 4. The minimum absolute atomic E-state index is 0.0288. The van der Waals surface area contributed by atoms with Crippen LogP contribution in [0.2, 0.25) is 0 Å². The van der Waals surface area contributed by atoms with E-state index in [2.05, 4.69) is 174 Å². The van der Waals surface area contributed by atoms with Gasteiger partial charge in [0.25, 0.3) is 0 Å². The number of benzene rings is 5. The van der Waals surface area contributed by atoms with Gasteiger partial charge in [0.05, 0.1) is 22.4 Å². The van der Waals surface area contributed by atoms with Crippen molar-refractivity contribution in [2.24, 2.45) is 0 Å². The topological polar surface area (TPSA) is 24.3 Å². The molecule has 1 aliphatic heterocycles. The van der Waals surface area contributed by atoms with E-state index in [-0.39, 0.29) is 22.1 Å². The van der Waals surface area contributed by atoms with Crippen molar-refractivity contribution in [3.05, 3.63) is 144 Å². The number of pyridine rings is 1. The highest BCUT2D eigenvalue weighted by atomic mass is 32.2. The van der Waals surface area contributed by atoms with Crippen molar-refractivity contribution in [2.45, 2.75) is 88.3 Å². The maximum absolute atomic E-state index is 14.6. The molecule has 3 heterocycles. The molecule has 0 fully saturated rings. The second-order valence-corrected chi connectivity index (χ2v) is 18.8. The largest absolute Gasteiger partial charge is 0.321 e. The van der Waals surface area contributed by atoms with Gasteiger partial charge < -0.3 is 9.80 Å². The number of hydrogen-bond donors (Lipinski definition) is 0. The average molecular weight is 733 g/mol. The SMILES string of the molecule is CC(C)(C)c1cc(N2CN(c3cccc(Sc4ccc5c6cc(F)ccc6n(-c6cc(C(C)(C)C)ccn6)c5c4)c3)c3ccccc32)cc(C(C)(C)C)c1. The van der Waals surface area contributed by atoms with Crippen molar-refractivity contribution in [3.8, 4) is 5.82 Å². The standard InChI is InChI=1S/C48H49FN4S/c1-46(2,3)31-21-22-50-45(26-31)53-41-20-17-34(49)27-40(41)39-19-18-38(29-44(39)53)54-37-14-12-13-35(28-37)51-30-52(43-16-11-10-15-42(43)51)36-24-32(47(4,5)6)23-33(25-36)48(7,8)9/h10-29H,30H2,1-9H3. The van der Waals surface area contributed by atoms with Crippen LogP contribution in [-0.2, 0) is 16.2 Å². The van der Waals surface area contributed by atoms with Gasteiger partial charge in [-0.1, -0.05) is 104 Å². The molecule has 0 aliphatic carbocycles. The Morgan fingerprint density at radius 1 is 0.537 bits per heavy atom. The lowest BCUT2D eigenvalue weighted by Gasteiger charge is -2.29. The molecule has 6 heteroatoms. The molecule has 5 aromatic carbocycles. The van der Waals surface area contributed by atoms with Gasteiger partial charge in [-0.25, -0.2) is 9.37 Å². The molecule has 0 radical (unpaired) electrons. The van der Waals surface area contributed by atoms with Crippen LogP contribution in [0.5, 0.6) is 0 Å². The Kier molecular flexibility index (Phi) is 8.69. The second-order valence-electron chi connectivity index (χ2n) is 17.7. The van der Waals surface area contributed by atoms with E-state index in [0.29, 0.717) is 6.67 Å². The molecular weight excluding hydrogens is 684 g/mol. The fourth-order valence-electron chi connectivity index (χ4n) is 7.43. The average Bonchev–Trinajstić information content (AvgIpc) is 3.66. The van der Waals surface area contributed by atoms with Crippen LogP contribution in [0.15, 0.2) is 131 Å². The highest BCUT2D eigenvalue weighted by Gasteiger charge is 2.30. The maximum Gasteiger partial charge on any atom is 0.137 e. The first-order valence-electron chi connectivity index (χ1n) is 18.8. The molecule has 0 unspecified atom stereocenters. The van der Waals surface area contributed by atoms with E-state index in [1.54, 1.807) is 17.8 Å². The Labute approximate surface area is 323 Å². The van der Waals surface area contributed by atoms with E-state index >= 15 is 0 Å². The number of halogens is 1. The lowest BCUT2D eigenvalue weighted by atomic mass is 9.80. The summed E-state index contributed by atoms with van der Waals surface area (Å²) in [6, 6.07) is 40.5. The van der Waals surface area contributed by atoms with Crippen molar-refractivity contribution < 1.29 is 4.39 Å². The van der Waals surface area contributed by atoms with Gasteiger partial charge in [-0.2, -0.15) is 0 Å². The summed E-state index contributed by atoms with van der Waals surface area (Å²) >= 11 is 1.74. The third kappa shape index (κ3) is 6.66. The van der Waals surface area contributed by atoms with Crippen molar-refractivity contribution in [3.63, 3.8) is 0 Å². The van der Waals surface area contributed by atoms with Crippen LogP contribution < -0.4 is 9.80 Å². The zero-order valence-electron chi connectivity index (χ0n) is 32.8. The van der Waals surface area contributed by atoms with Crippen molar-refractivity contribution in [1.82, 2.24) is 9.55 Å². The number of nitrogens with zero attached hydrogens (tertiary/aromatic N) is 4. The van der Waals surface area contributed by atoms with Crippen LogP contribution in [0, 0.1) is 5.82 Å². The summed E-state index contributed by atoms with van der Waals surface area (Å²) in [5.74, 6) is 0.588. The van der Waals surface area contributed by atoms with Gasteiger partial charge >= 0.3 is 0 Å². The highest BCUT2D eigenvalue weighted by Crippen LogP contribution is 2.47. The fourth-order valence-corrected chi connectivity index (χ4v) is 8.34. The smallest absolute Gasteiger partial charge is 0.137 e. The molecule has 0 saturated carbocycles. The summed E-state index contributed by atoms with van der Waals surface area (Å²) in [7, 11) is 0. The lowest BCUT2D eigenvalue weighted by molar-refractivity contribution is 0.568. The molecule has 2 aromatic heterocycles. The molecule has 4 nitrogen and oxygen atoms in total. The fraction of sp³-hybridized carbons (Fsp3) is 0.271. The Hall–Kier alpha value is -5.07. The molecule has 0 bridgehead atoms. The molecular formula is C48H49FN4S. The molecule has 0 spiro atoms. The van der Waals surface area contributed by atoms with Gasteiger partial charge in [0.15, 0.2) is 0 Å². The zero-order valence-corrected chi connectivity index (χ0v) is 33.6. The van der Waals surface area contributed by atoms with E-state index in [4.69, 9.17) is 4.98 Å². The number of fused-ring (bicyclic) bond motifs is 4. The van der Waals surface area contributed by atoms with Crippen LogP contribution >= 0.6 is 11.8 Å². The van der Waals surface area contributed by atoms with Crippen LogP contribution in [-0.4, -0.2) is 16.2 Å². The third-order valence-corrected chi connectivity index (χ3v) is 11.6. The zero-order chi connectivity index (χ0) is 38.2. The van der Waals surface area contributed by atoms with Crippen molar-refractivity contribution in [2.75, 3.05) is 16.5 Å². The molecule has 7 aromatic rings. The first kappa shape index (κ1) is 35.9. The summed E-state index contributed by atoms with van der Waals surface area (Å²) in [5, 5.41) is 1.89. The molecule has 1 aliphatic rings. The quantitative estimate of drug-likeness (QED) is 0.176.